The lowest BCUT2D eigenvalue weighted by molar-refractivity contribution is 0.0698. The Hall–Kier alpha value is -3.37. The summed E-state index contributed by atoms with van der Waals surface area (Å²) in [5, 5.41) is 13.8. The van der Waals surface area contributed by atoms with Crippen LogP contribution in [0, 0.1) is 0 Å². The van der Waals surface area contributed by atoms with Gasteiger partial charge in [-0.1, -0.05) is 18.2 Å². The minimum atomic E-state index is -4.02. The molecule has 2 N–H and O–H groups in total. The second kappa shape index (κ2) is 8.40. The largest absolute Gasteiger partial charge is 0.478 e. The van der Waals surface area contributed by atoms with Crippen LogP contribution >= 0.6 is 0 Å². The second-order valence-corrected chi connectivity index (χ2v) is 9.07. The Labute approximate surface area is 180 Å². The van der Waals surface area contributed by atoms with Crippen molar-refractivity contribution in [3.63, 3.8) is 0 Å². The normalized spacial score (nSPS) is 15.1. The number of hydrogen-bond acceptors (Lipinski definition) is 6. The lowest BCUT2D eigenvalue weighted by Crippen LogP contribution is -2.44. The van der Waals surface area contributed by atoms with E-state index in [-0.39, 0.29) is 16.1 Å². The van der Waals surface area contributed by atoms with Crippen LogP contribution in [-0.4, -0.2) is 67.4 Å². The summed E-state index contributed by atoms with van der Waals surface area (Å²) < 4.78 is 29.6. The van der Waals surface area contributed by atoms with Gasteiger partial charge in [0.05, 0.1) is 29.3 Å². The van der Waals surface area contributed by atoms with E-state index >= 15 is 0 Å². The van der Waals surface area contributed by atoms with Crippen LogP contribution in [0.2, 0.25) is 0 Å². The molecule has 10 heteroatoms. The zero-order chi connectivity index (χ0) is 22.0. The minimum Gasteiger partial charge on any atom is -0.478 e. The number of aromatic carboxylic acids is 1. The van der Waals surface area contributed by atoms with Crippen LogP contribution in [0.25, 0.3) is 5.69 Å². The van der Waals surface area contributed by atoms with Gasteiger partial charge in [0.15, 0.2) is 0 Å². The lowest BCUT2D eigenvalue weighted by atomic mass is 10.1. The van der Waals surface area contributed by atoms with Crippen molar-refractivity contribution in [1.29, 1.82) is 0 Å². The molecule has 0 saturated carbocycles. The van der Waals surface area contributed by atoms with Crippen LogP contribution < -0.4 is 9.62 Å². The Balaban J connectivity index is 1.59. The molecule has 0 spiro atoms. The molecule has 1 saturated heterocycles. The van der Waals surface area contributed by atoms with Crippen molar-refractivity contribution >= 4 is 27.4 Å². The van der Waals surface area contributed by atoms with Gasteiger partial charge >= 0.3 is 5.97 Å². The Kier molecular flexibility index (Phi) is 5.66. The predicted octanol–water partition coefficient (Wildman–Crippen LogP) is 2.12. The lowest BCUT2D eigenvalue weighted by Gasteiger charge is -2.34. The maximum Gasteiger partial charge on any atom is 0.337 e. The molecule has 0 unspecified atom stereocenters. The number of carbonyl (C=O) groups is 1. The summed E-state index contributed by atoms with van der Waals surface area (Å²) in [4.78, 5) is 16.1. The van der Waals surface area contributed by atoms with Gasteiger partial charge in [-0.2, -0.15) is 5.10 Å². The van der Waals surface area contributed by atoms with Crippen LogP contribution in [0.5, 0.6) is 0 Å². The topological polar surface area (TPSA) is 108 Å². The number of aromatic nitrogens is 2. The molecule has 1 fully saturated rings. The highest BCUT2D eigenvalue weighted by Crippen LogP contribution is 2.26. The molecule has 9 nitrogen and oxygen atoms in total. The second-order valence-electron chi connectivity index (χ2n) is 7.39. The first kappa shape index (κ1) is 20.9. The average molecular weight is 442 g/mol. The molecular formula is C21H23N5O4S. The van der Waals surface area contributed by atoms with E-state index in [2.05, 4.69) is 19.6 Å². The first-order chi connectivity index (χ1) is 14.8. The molecule has 162 valence electrons. The maximum absolute atomic E-state index is 12.9. The first-order valence-electron chi connectivity index (χ1n) is 9.77. The van der Waals surface area contributed by atoms with E-state index in [9.17, 15) is 18.3 Å². The number of carboxylic acid groups (broad SMARTS) is 1. The third kappa shape index (κ3) is 4.54. The molecule has 0 bridgehead atoms. The summed E-state index contributed by atoms with van der Waals surface area (Å²) in [6.07, 6.45) is 2.62. The summed E-state index contributed by atoms with van der Waals surface area (Å²) in [7, 11) is -1.98. The monoisotopic (exact) mass is 441 g/mol. The van der Waals surface area contributed by atoms with Gasteiger partial charge in [0, 0.05) is 31.9 Å². The molecule has 2 heterocycles. The highest BCUT2D eigenvalue weighted by molar-refractivity contribution is 7.92. The van der Waals surface area contributed by atoms with Gasteiger partial charge in [0.25, 0.3) is 10.0 Å². The summed E-state index contributed by atoms with van der Waals surface area (Å²) in [6, 6.07) is 13.9. The number of para-hydroxylation sites is 1. The number of piperazine rings is 1. The van der Waals surface area contributed by atoms with Gasteiger partial charge in [0.2, 0.25) is 0 Å². The fraction of sp³-hybridized carbons (Fsp3) is 0.238. The van der Waals surface area contributed by atoms with E-state index in [1.165, 1.54) is 29.2 Å². The Morgan fingerprint density at radius 2 is 1.74 bits per heavy atom. The average Bonchev–Trinajstić information content (AvgIpc) is 3.26. The molecule has 2 aromatic carbocycles. The number of nitrogens with one attached hydrogen (secondary N) is 1. The Morgan fingerprint density at radius 1 is 1.03 bits per heavy atom. The van der Waals surface area contributed by atoms with Crippen molar-refractivity contribution in [2.45, 2.75) is 4.90 Å². The third-order valence-electron chi connectivity index (χ3n) is 5.24. The van der Waals surface area contributed by atoms with E-state index in [0.29, 0.717) is 5.69 Å². The van der Waals surface area contributed by atoms with Gasteiger partial charge in [0.1, 0.15) is 4.90 Å². The minimum absolute atomic E-state index is 0.0119. The molecule has 0 radical (unpaired) electrons. The molecule has 1 aromatic heterocycles. The smallest absolute Gasteiger partial charge is 0.337 e. The summed E-state index contributed by atoms with van der Waals surface area (Å²) >= 11 is 0. The van der Waals surface area contributed by atoms with E-state index < -0.39 is 16.0 Å². The van der Waals surface area contributed by atoms with Crippen LogP contribution in [0.4, 0.5) is 11.4 Å². The number of hydrogen-bond donors (Lipinski definition) is 2. The molecule has 1 aliphatic rings. The quantitative estimate of drug-likeness (QED) is 0.603. The van der Waals surface area contributed by atoms with Gasteiger partial charge in [-0.25, -0.2) is 17.9 Å². The fourth-order valence-electron chi connectivity index (χ4n) is 3.43. The first-order valence-corrected chi connectivity index (χ1v) is 11.3. The predicted molar refractivity (Wildman–Crippen MR) is 117 cm³/mol. The van der Waals surface area contributed by atoms with Gasteiger partial charge in [-0.15, -0.1) is 0 Å². The zero-order valence-corrected chi connectivity index (χ0v) is 17.8. The van der Waals surface area contributed by atoms with E-state index in [4.69, 9.17) is 0 Å². The van der Waals surface area contributed by atoms with Gasteiger partial charge in [-0.3, -0.25) is 4.72 Å². The van der Waals surface area contributed by atoms with Crippen molar-refractivity contribution < 1.29 is 18.3 Å². The molecular weight excluding hydrogens is 418 g/mol. The third-order valence-corrected chi connectivity index (χ3v) is 6.56. The number of sulfonamides is 1. The summed E-state index contributed by atoms with van der Waals surface area (Å²) in [5.41, 5.74) is 1.38. The number of nitrogens with zero attached hydrogens (tertiary/aromatic N) is 4. The number of benzene rings is 2. The van der Waals surface area contributed by atoms with Crippen molar-refractivity contribution in [2.75, 3.05) is 42.8 Å². The summed E-state index contributed by atoms with van der Waals surface area (Å²) in [6.45, 7) is 3.31. The number of anilines is 2. The molecule has 4 rings (SSSR count). The highest BCUT2D eigenvalue weighted by Gasteiger charge is 2.22. The molecule has 31 heavy (non-hydrogen) atoms. The molecule has 0 aliphatic carbocycles. The molecule has 3 aromatic rings. The van der Waals surface area contributed by atoms with E-state index in [1.54, 1.807) is 18.2 Å². The van der Waals surface area contributed by atoms with Crippen LogP contribution in [0.1, 0.15) is 10.4 Å². The van der Waals surface area contributed by atoms with Crippen molar-refractivity contribution in [3.05, 3.63) is 66.5 Å². The Bertz CT molecular complexity index is 1190. The standard InChI is InChI=1S/C21H23N5O4S/c1-24-9-11-25(12-10-24)17-7-8-20(19(13-17)21(27)28)23-31(29,30)18-14-22-26(15-18)16-5-3-2-4-6-16/h2-8,13-15,23H,9-12H2,1H3,(H,27,28). The van der Waals surface area contributed by atoms with E-state index in [1.807, 2.05) is 25.2 Å². The highest BCUT2D eigenvalue weighted by atomic mass is 32.2. The van der Waals surface area contributed by atoms with Gasteiger partial charge < -0.3 is 14.9 Å². The molecule has 0 atom stereocenters. The maximum atomic E-state index is 12.9. The van der Waals surface area contributed by atoms with Crippen LogP contribution in [-0.2, 0) is 10.0 Å². The van der Waals surface area contributed by atoms with E-state index in [0.717, 1.165) is 31.9 Å². The molecule has 0 amide bonds. The van der Waals surface area contributed by atoms with Crippen molar-refractivity contribution in [1.82, 2.24) is 14.7 Å². The zero-order valence-electron chi connectivity index (χ0n) is 17.0. The molecule has 1 aliphatic heterocycles. The number of carboxylic acids is 1. The fourth-order valence-corrected chi connectivity index (χ4v) is 4.44. The van der Waals surface area contributed by atoms with Crippen molar-refractivity contribution in [2.24, 2.45) is 0 Å². The SMILES string of the molecule is CN1CCN(c2ccc(NS(=O)(=O)c3cnn(-c4ccccc4)c3)c(C(=O)O)c2)CC1. The number of rotatable bonds is 6. The van der Waals surface area contributed by atoms with Crippen molar-refractivity contribution in [3.8, 4) is 5.69 Å². The summed E-state index contributed by atoms with van der Waals surface area (Å²) in [5.74, 6) is -1.20. The van der Waals surface area contributed by atoms with Crippen LogP contribution in [0.3, 0.4) is 0 Å². The number of likely N-dealkylation sites (N-methyl/N-ethyl adjacent to an activating group) is 1. The van der Waals surface area contributed by atoms with Crippen LogP contribution in [0.15, 0.2) is 65.8 Å². The van der Waals surface area contributed by atoms with Gasteiger partial charge in [-0.05, 0) is 37.4 Å². The Morgan fingerprint density at radius 3 is 2.42 bits per heavy atom.